The number of carbonyl (C=O) groups excluding carboxylic acids is 1. The summed E-state index contributed by atoms with van der Waals surface area (Å²) in [7, 11) is 0. The molecule has 6 heteroatoms. The first-order chi connectivity index (χ1) is 9.56. The van der Waals surface area contributed by atoms with E-state index in [2.05, 4.69) is 10.3 Å². The number of amides is 1. The van der Waals surface area contributed by atoms with Gasteiger partial charge in [0.25, 0.3) is 5.91 Å². The van der Waals surface area contributed by atoms with Crippen LogP contribution in [0.2, 0.25) is 0 Å². The summed E-state index contributed by atoms with van der Waals surface area (Å²) in [4.78, 5) is 27.7. The largest absolute Gasteiger partial charge is 0.481 e. The minimum absolute atomic E-state index is 0.0646. The minimum Gasteiger partial charge on any atom is -0.481 e. The van der Waals surface area contributed by atoms with Gasteiger partial charge in [-0.1, -0.05) is 18.2 Å². The van der Waals surface area contributed by atoms with Crippen LogP contribution in [-0.4, -0.2) is 22.0 Å². The van der Waals surface area contributed by atoms with Gasteiger partial charge in [-0.3, -0.25) is 14.9 Å². The Kier molecular flexibility index (Phi) is 4.47. The molecule has 1 aromatic heterocycles. The van der Waals surface area contributed by atoms with E-state index in [0.29, 0.717) is 17.1 Å². The number of hydrogen-bond donors (Lipinski definition) is 2. The second-order valence-electron chi connectivity index (χ2n) is 4.24. The molecule has 1 aromatic carbocycles. The summed E-state index contributed by atoms with van der Waals surface area (Å²) in [6.07, 6.45) is 0.495. The fourth-order valence-electron chi connectivity index (χ4n) is 1.69. The third-order valence-electron chi connectivity index (χ3n) is 2.72. The van der Waals surface area contributed by atoms with Crippen molar-refractivity contribution in [1.29, 1.82) is 0 Å². The zero-order valence-electron chi connectivity index (χ0n) is 10.9. The standard InChI is InChI=1S/C14H14N2O3S/c1-9-11(7-8-12(17)18)20-14(15-9)16-13(19)10-5-3-2-4-6-10/h2-6H,7-8H2,1H3,(H,17,18)(H,15,16,19). The van der Waals surface area contributed by atoms with E-state index in [4.69, 9.17) is 5.11 Å². The van der Waals surface area contributed by atoms with Gasteiger partial charge in [0.05, 0.1) is 12.1 Å². The molecule has 0 fully saturated rings. The molecule has 2 N–H and O–H groups in total. The fraction of sp³-hybridized carbons (Fsp3) is 0.214. The van der Waals surface area contributed by atoms with Crippen LogP contribution < -0.4 is 5.32 Å². The maximum Gasteiger partial charge on any atom is 0.303 e. The van der Waals surface area contributed by atoms with Crippen LogP contribution >= 0.6 is 11.3 Å². The molecule has 1 heterocycles. The molecule has 0 saturated carbocycles. The van der Waals surface area contributed by atoms with Gasteiger partial charge in [0.2, 0.25) is 0 Å². The van der Waals surface area contributed by atoms with Gasteiger partial charge in [0, 0.05) is 10.4 Å². The number of hydrogen-bond acceptors (Lipinski definition) is 4. The van der Waals surface area contributed by atoms with Gasteiger partial charge in [-0.25, -0.2) is 4.98 Å². The number of aliphatic carboxylic acids is 1. The summed E-state index contributed by atoms with van der Waals surface area (Å²) < 4.78 is 0. The van der Waals surface area contributed by atoms with E-state index in [-0.39, 0.29) is 12.3 Å². The van der Waals surface area contributed by atoms with Crippen LogP contribution in [0, 0.1) is 6.92 Å². The molecule has 0 saturated heterocycles. The number of benzene rings is 1. The zero-order valence-corrected chi connectivity index (χ0v) is 11.7. The summed E-state index contributed by atoms with van der Waals surface area (Å²) >= 11 is 1.32. The predicted molar refractivity (Wildman–Crippen MR) is 77.2 cm³/mol. The third kappa shape index (κ3) is 3.64. The second kappa shape index (κ2) is 6.29. The molecular weight excluding hydrogens is 276 g/mol. The summed E-state index contributed by atoms with van der Waals surface area (Å²) in [6.45, 7) is 1.81. The van der Waals surface area contributed by atoms with Crippen LogP contribution in [0.15, 0.2) is 30.3 Å². The molecule has 20 heavy (non-hydrogen) atoms. The highest BCUT2D eigenvalue weighted by Crippen LogP contribution is 2.24. The van der Waals surface area contributed by atoms with Gasteiger partial charge in [-0.05, 0) is 25.5 Å². The maximum atomic E-state index is 12.0. The lowest BCUT2D eigenvalue weighted by molar-refractivity contribution is -0.136. The number of nitrogens with zero attached hydrogens (tertiary/aromatic N) is 1. The molecule has 1 amide bonds. The average molecular weight is 290 g/mol. The van der Waals surface area contributed by atoms with E-state index < -0.39 is 5.97 Å². The van der Waals surface area contributed by atoms with Crippen molar-refractivity contribution in [2.75, 3.05) is 5.32 Å². The molecule has 2 rings (SSSR count). The van der Waals surface area contributed by atoms with Crippen molar-refractivity contribution in [3.63, 3.8) is 0 Å². The Bertz CT molecular complexity index is 623. The smallest absolute Gasteiger partial charge is 0.303 e. The molecule has 0 aliphatic heterocycles. The van der Waals surface area contributed by atoms with Crippen LogP contribution in [0.4, 0.5) is 5.13 Å². The number of rotatable bonds is 5. The predicted octanol–water partition coefficient (Wildman–Crippen LogP) is 2.72. The molecular formula is C14H14N2O3S. The van der Waals surface area contributed by atoms with Crippen LogP contribution in [0.3, 0.4) is 0 Å². The fourth-order valence-corrected chi connectivity index (χ4v) is 2.65. The molecule has 0 bridgehead atoms. The van der Waals surface area contributed by atoms with Crippen LogP contribution in [0.1, 0.15) is 27.3 Å². The molecule has 0 aliphatic carbocycles. The normalized spacial score (nSPS) is 10.2. The summed E-state index contributed by atoms with van der Waals surface area (Å²) in [5.74, 6) is -1.06. The summed E-state index contributed by atoms with van der Waals surface area (Å²) in [5, 5.41) is 11.9. The molecule has 2 aromatic rings. The zero-order chi connectivity index (χ0) is 14.5. The first kappa shape index (κ1) is 14.2. The Hall–Kier alpha value is -2.21. The van der Waals surface area contributed by atoms with E-state index >= 15 is 0 Å². The Morgan fingerprint density at radius 2 is 2.00 bits per heavy atom. The molecule has 0 unspecified atom stereocenters. The Morgan fingerprint density at radius 3 is 2.65 bits per heavy atom. The summed E-state index contributed by atoms with van der Waals surface area (Å²) in [6, 6.07) is 8.87. The van der Waals surface area contributed by atoms with E-state index in [9.17, 15) is 9.59 Å². The molecule has 104 valence electrons. The van der Waals surface area contributed by atoms with Crippen molar-refractivity contribution in [1.82, 2.24) is 4.98 Å². The highest BCUT2D eigenvalue weighted by molar-refractivity contribution is 7.15. The minimum atomic E-state index is -0.840. The highest BCUT2D eigenvalue weighted by atomic mass is 32.1. The van der Waals surface area contributed by atoms with Crippen LogP contribution in [0.25, 0.3) is 0 Å². The Balaban J connectivity index is 2.05. The lowest BCUT2D eigenvalue weighted by atomic mass is 10.2. The number of anilines is 1. The lowest BCUT2D eigenvalue weighted by Crippen LogP contribution is -2.11. The lowest BCUT2D eigenvalue weighted by Gasteiger charge is -2.00. The molecule has 0 atom stereocenters. The third-order valence-corrected chi connectivity index (χ3v) is 3.85. The van der Waals surface area contributed by atoms with Gasteiger partial charge in [0.15, 0.2) is 5.13 Å². The van der Waals surface area contributed by atoms with E-state index in [1.54, 1.807) is 24.3 Å². The Labute approximate surface area is 120 Å². The molecule has 0 spiro atoms. The Morgan fingerprint density at radius 1 is 1.30 bits per heavy atom. The van der Waals surface area contributed by atoms with Crippen molar-refractivity contribution >= 4 is 28.3 Å². The van der Waals surface area contributed by atoms with E-state index in [0.717, 1.165) is 10.6 Å². The number of thiazole rings is 1. The first-order valence-corrected chi connectivity index (χ1v) is 6.92. The number of carbonyl (C=O) groups is 2. The second-order valence-corrected chi connectivity index (χ2v) is 5.33. The quantitative estimate of drug-likeness (QED) is 0.887. The van der Waals surface area contributed by atoms with E-state index in [1.165, 1.54) is 11.3 Å². The van der Waals surface area contributed by atoms with Crippen molar-refractivity contribution < 1.29 is 14.7 Å². The van der Waals surface area contributed by atoms with Gasteiger partial charge in [-0.15, -0.1) is 11.3 Å². The molecule has 0 radical (unpaired) electrons. The number of nitrogens with one attached hydrogen (secondary N) is 1. The van der Waals surface area contributed by atoms with Gasteiger partial charge >= 0.3 is 5.97 Å². The SMILES string of the molecule is Cc1nc(NC(=O)c2ccccc2)sc1CCC(=O)O. The number of aromatic nitrogens is 1. The molecule has 0 aliphatic rings. The monoisotopic (exact) mass is 290 g/mol. The molecule has 5 nitrogen and oxygen atoms in total. The first-order valence-electron chi connectivity index (χ1n) is 6.11. The van der Waals surface area contributed by atoms with Crippen molar-refractivity contribution in [2.45, 2.75) is 19.8 Å². The number of carboxylic acids is 1. The van der Waals surface area contributed by atoms with Crippen molar-refractivity contribution in [3.05, 3.63) is 46.5 Å². The van der Waals surface area contributed by atoms with E-state index in [1.807, 2.05) is 13.0 Å². The van der Waals surface area contributed by atoms with Crippen LogP contribution in [0.5, 0.6) is 0 Å². The van der Waals surface area contributed by atoms with Gasteiger partial charge in [0.1, 0.15) is 0 Å². The van der Waals surface area contributed by atoms with Crippen molar-refractivity contribution in [3.8, 4) is 0 Å². The summed E-state index contributed by atoms with van der Waals surface area (Å²) in [5.41, 5.74) is 1.33. The van der Waals surface area contributed by atoms with Crippen molar-refractivity contribution in [2.24, 2.45) is 0 Å². The maximum absolute atomic E-state index is 12.0. The average Bonchev–Trinajstić information content (AvgIpc) is 2.77. The highest BCUT2D eigenvalue weighted by Gasteiger charge is 2.12. The number of carboxylic acid groups (broad SMARTS) is 1. The topological polar surface area (TPSA) is 79.3 Å². The van der Waals surface area contributed by atoms with Gasteiger partial charge < -0.3 is 5.11 Å². The van der Waals surface area contributed by atoms with Crippen LogP contribution in [-0.2, 0) is 11.2 Å². The number of aryl methyl sites for hydroxylation is 2. The van der Waals surface area contributed by atoms with Gasteiger partial charge in [-0.2, -0.15) is 0 Å².